The van der Waals surface area contributed by atoms with Gasteiger partial charge in [0.1, 0.15) is 0 Å². The molecule has 4 fully saturated rings. The van der Waals surface area contributed by atoms with Crippen LogP contribution in [0.1, 0.15) is 72.1 Å². The summed E-state index contributed by atoms with van der Waals surface area (Å²) in [6.45, 7) is 6.26. The monoisotopic (exact) mass is 352 g/mol. The second-order valence-corrected chi connectivity index (χ2v) is 10.3. The lowest BCUT2D eigenvalue weighted by molar-refractivity contribution is -0.203. The SMILES string of the molecule is C[C@@H](O)[C@@]1(O)CC[C@H]2[C@@H]3C[C@H](O)[C@@H]4C[C@H](O)CC[C@]4(C)[C@H]3CC[C@@]21C. The molecule has 4 aliphatic carbocycles. The lowest BCUT2D eigenvalue weighted by Gasteiger charge is -2.62. The van der Waals surface area contributed by atoms with Crippen LogP contribution >= 0.6 is 0 Å². The Labute approximate surface area is 151 Å². The lowest BCUT2D eigenvalue weighted by atomic mass is 9.43. The largest absolute Gasteiger partial charge is 0.393 e. The standard InChI is InChI=1S/C21H36O4/c1-12(22)21(25)9-6-16-14-11-18(24)17-10-13(23)4-7-19(17,2)15(14)5-8-20(16,21)3/h12-18,22-25H,4-11H2,1-3H3/t12-,13-,14-,15+,16+,17+,18+,19-,20+,21+/m1/s1. The molecule has 25 heavy (non-hydrogen) atoms. The van der Waals surface area contributed by atoms with Crippen molar-refractivity contribution in [3.8, 4) is 0 Å². The summed E-state index contributed by atoms with van der Waals surface area (Å²) in [6.07, 6.45) is 5.73. The maximum Gasteiger partial charge on any atom is 0.0958 e. The maximum atomic E-state index is 11.3. The number of hydrogen-bond donors (Lipinski definition) is 4. The summed E-state index contributed by atoms with van der Waals surface area (Å²) in [6, 6.07) is 0. The minimum atomic E-state index is -0.992. The Balaban J connectivity index is 1.67. The average Bonchev–Trinajstić information content (AvgIpc) is 2.83. The van der Waals surface area contributed by atoms with Gasteiger partial charge >= 0.3 is 0 Å². The third-order valence-electron chi connectivity index (χ3n) is 9.56. The van der Waals surface area contributed by atoms with Crippen molar-refractivity contribution in [2.75, 3.05) is 0 Å². The van der Waals surface area contributed by atoms with Crippen molar-refractivity contribution in [3.63, 3.8) is 0 Å². The molecule has 4 rings (SSSR count). The van der Waals surface area contributed by atoms with Crippen LogP contribution in [0.15, 0.2) is 0 Å². The molecule has 4 heteroatoms. The van der Waals surface area contributed by atoms with Gasteiger partial charge in [0.25, 0.3) is 0 Å². The van der Waals surface area contributed by atoms with Gasteiger partial charge in [-0.05, 0) is 87.4 Å². The zero-order valence-corrected chi connectivity index (χ0v) is 16.0. The molecule has 4 aliphatic rings. The Bertz CT molecular complexity index is 536. The van der Waals surface area contributed by atoms with Crippen molar-refractivity contribution in [2.45, 2.75) is 96.1 Å². The van der Waals surface area contributed by atoms with Gasteiger partial charge < -0.3 is 20.4 Å². The van der Waals surface area contributed by atoms with Gasteiger partial charge in [0.2, 0.25) is 0 Å². The van der Waals surface area contributed by atoms with Crippen LogP contribution in [0.2, 0.25) is 0 Å². The van der Waals surface area contributed by atoms with E-state index in [1.54, 1.807) is 6.92 Å². The molecule has 4 saturated carbocycles. The molecule has 4 nitrogen and oxygen atoms in total. The van der Waals surface area contributed by atoms with Gasteiger partial charge in [0.15, 0.2) is 0 Å². The minimum Gasteiger partial charge on any atom is -0.393 e. The van der Waals surface area contributed by atoms with Crippen molar-refractivity contribution in [2.24, 2.45) is 34.5 Å². The summed E-state index contributed by atoms with van der Waals surface area (Å²) in [5.74, 6) is 1.59. The molecule has 0 aromatic rings. The van der Waals surface area contributed by atoms with Crippen LogP contribution in [0.3, 0.4) is 0 Å². The third kappa shape index (κ3) is 2.27. The van der Waals surface area contributed by atoms with Gasteiger partial charge in [-0.1, -0.05) is 13.8 Å². The first-order valence-corrected chi connectivity index (χ1v) is 10.4. The summed E-state index contributed by atoms with van der Waals surface area (Å²) in [5, 5.41) is 42.6. The molecule has 0 spiro atoms. The second-order valence-electron chi connectivity index (χ2n) is 10.3. The van der Waals surface area contributed by atoms with Crippen molar-refractivity contribution in [3.05, 3.63) is 0 Å². The van der Waals surface area contributed by atoms with E-state index >= 15 is 0 Å². The van der Waals surface area contributed by atoms with E-state index in [0.29, 0.717) is 24.2 Å². The van der Waals surface area contributed by atoms with E-state index in [1.165, 1.54) is 0 Å². The molecule has 0 unspecified atom stereocenters. The van der Waals surface area contributed by atoms with Gasteiger partial charge in [0.05, 0.1) is 23.9 Å². The lowest BCUT2D eigenvalue weighted by Crippen LogP contribution is -2.61. The van der Waals surface area contributed by atoms with Gasteiger partial charge in [-0.2, -0.15) is 0 Å². The maximum absolute atomic E-state index is 11.3. The molecule has 0 bridgehead atoms. The van der Waals surface area contributed by atoms with Crippen molar-refractivity contribution in [1.82, 2.24) is 0 Å². The van der Waals surface area contributed by atoms with Crippen LogP contribution in [0.4, 0.5) is 0 Å². The van der Waals surface area contributed by atoms with Crippen LogP contribution in [0.5, 0.6) is 0 Å². The molecule has 0 aromatic carbocycles. The van der Waals surface area contributed by atoms with Crippen molar-refractivity contribution < 1.29 is 20.4 Å². The summed E-state index contributed by atoms with van der Waals surface area (Å²) in [5.41, 5.74) is -1.14. The van der Waals surface area contributed by atoms with Crippen LogP contribution in [-0.2, 0) is 0 Å². The number of aliphatic hydroxyl groups excluding tert-OH is 3. The van der Waals surface area contributed by atoms with Crippen molar-refractivity contribution >= 4 is 0 Å². The average molecular weight is 353 g/mol. The molecule has 0 radical (unpaired) electrons. The summed E-state index contributed by atoms with van der Waals surface area (Å²) in [4.78, 5) is 0. The molecular formula is C21H36O4. The van der Waals surface area contributed by atoms with Crippen LogP contribution in [0.25, 0.3) is 0 Å². The highest BCUT2D eigenvalue weighted by atomic mass is 16.3. The van der Waals surface area contributed by atoms with E-state index in [2.05, 4.69) is 13.8 Å². The zero-order valence-electron chi connectivity index (χ0n) is 16.0. The Kier molecular flexibility index (Phi) is 4.13. The van der Waals surface area contributed by atoms with Gasteiger partial charge in [-0.3, -0.25) is 0 Å². The topological polar surface area (TPSA) is 80.9 Å². The highest BCUT2D eigenvalue weighted by Crippen LogP contribution is 2.68. The van der Waals surface area contributed by atoms with E-state index in [-0.39, 0.29) is 29.0 Å². The Morgan fingerprint density at radius 3 is 2.24 bits per heavy atom. The number of fused-ring (bicyclic) bond motifs is 5. The van der Waals surface area contributed by atoms with Gasteiger partial charge in [-0.15, -0.1) is 0 Å². The van der Waals surface area contributed by atoms with E-state index in [0.717, 1.165) is 44.9 Å². The molecule has 4 N–H and O–H groups in total. The van der Waals surface area contributed by atoms with Crippen LogP contribution in [-0.4, -0.2) is 44.3 Å². The molecule has 0 aliphatic heterocycles. The molecule has 10 atom stereocenters. The summed E-state index contributed by atoms with van der Waals surface area (Å²) < 4.78 is 0. The first-order chi connectivity index (χ1) is 11.6. The Hall–Kier alpha value is -0.160. The predicted octanol–water partition coefficient (Wildman–Crippen LogP) is 2.47. The van der Waals surface area contributed by atoms with E-state index in [9.17, 15) is 20.4 Å². The van der Waals surface area contributed by atoms with Gasteiger partial charge in [-0.25, -0.2) is 0 Å². The minimum absolute atomic E-state index is 0.106. The predicted molar refractivity (Wildman–Crippen MR) is 95.8 cm³/mol. The summed E-state index contributed by atoms with van der Waals surface area (Å²) in [7, 11) is 0. The zero-order chi connectivity index (χ0) is 18.2. The second kappa shape index (κ2) is 5.67. The Morgan fingerprint density at radius 2 is 1.56 bits per heavy atom. The number of hydrogen-bond acceptors (Lipinski definition) is 4. The van der Waals surface area contributed by atoms with Crippen LogP contribution < -0.4 is 0 Å². The third-order valence-corrected chi connectivity index (χ3v) is 9.56. The molecule has 144 valence electrons. The first kappa shape index (κ1) is 18.2. The number of rotatable bonds is 1. The Morgan fingerprint density at radius 1 is 0.880 bits per heavy atom. The van der Waals surface area contributed by atoms with E-state index < -0.39 is 11.7 Å². The molecule has 0 amide bonds. The highest BCUT2D eigenvalue weighted by molar-refractivity contribution is 5.16. The molecule has 0 saturated heterocycles. The number of aliphatic hydroxyl groups is 4. The first-order valence-electron chi connectivity index (χ1n) is 10.4. The van der Waals surface area contributed by atoms with Crippen molar-refractivity contribution in [1.29, 1.82) is 0 Å². The fourth-order valence-electron chi connectivity index (χ4n) is 8.02. The van der Waals surface area contributed by atoms with E-state index in [1.807, 2.05) is 0 Å². The highest BCUT2D eigenvalue weighted by Gasteiger charge is 2.66. The molecular weight excluding hydrogens is 316 g/mol. The molecule has 0 aromatic heterocycles. The van der Waals surface area contributed by atoms with E-state index in [4.69, 9.17) is 0 Å². The fraction of sp³-hybridized carbons (Fsp3) is 1.00. The smallest absolute Gasteiger partial charge is 0.0958 e. The quantitative estimate of drug-likeness (QED) is 0.584. The van der Waals surface area contributed by atoms with Crippen LogP contribution in [0, 0.1) is 34.5 Å². The fourth-order valence-corrected chi connectivity index (χ4v) is 8.02. The summed E-state index contributed by atoms with van der Waals surface area (Å²) >= 11 is 0. The normalized spacial score (nSPS) is 59.6. The van der Waals surface area contributed by atoms with Gasteiger partial charge in [0, 0.05) is 5.41 Å². The molecule has 0 heterocycles.